The number of carbonyl (C=O) groups excluding carboxylic acids is 2. The van der Waals surface area contributed by atoms with Crippen molar-refractivity contribution in [3.63, 3.8) is 0 Å². The maximum Gasteiger partial charge on any atom is 0.259 e. The van der Waals surface area contributed by atoms with Gasteiger partial charge in [-0.1, -0.05) is 12.1 Å². The van der Waals surface area contributed by atoms with Gasteiger partial charge in [-0.2, -0.15) is 0 Å². The molecule has 0 N–H and O–H groups in total. The summed E-state index contributed by atoms with van der Waals surface area (Å²) in [4.78, 5) is 32.8. The molecule has 0 spiro atoms. The highest BCUT2D eigenvalue weighted by atomic mass is 79.9. The summed E-state index contributed by atoms with van der Waals surface area (Å²) in [6, 6.07) is 11.3. The predicted molar refractivity (Wildman–Crippen MR) is 126 cm³/mol. The number of rotatable bonds is 4. The van der Waals surface area contributed by atoms with Crippen LogP contribution in [0, 0.1) is 0 Å². The number of carboxylic acid groups (broad SMARTS) is 1. The van der Waals surface area contributed by atoms with Crippen LogP contribution in [-0.2, 0) is 6.54 Å². The number of hydrogen-bond acceptors (Lipinski definition) is 5. The number of hydrogen-bond donors (Lipinski definition) is 0. The molecule has 1 fully saturated rings. The molecule has 0 radical (unpaired) electrons. The first-order chi connectivity index (χ1) is 15.0. The second-order valence-electron chi connectivity index (χ2n) is 9.51. The average Bonchev–Trinajstić information content (AvgIpc) is 2.73. The molecule has 7 nitrogen and oxygen atoms in total. The third kappa shape index (κ3) is 4.72. The van der Waals surface area contributed by atoms with E-state index in [1.54, 1.807) is 30.3 Å². The Balaban J connectivity index is 1.66. The second kappa shape index (κ2) is 9.29. The summed E-state index contributed by atoms with van der Waals surface area (Å²) in [5, 5.41) is 12.1. The molecule has 3 rings (SSSR count). The number of pyridine rings is 1. The van der Waals surface area contributed by atoms with Crippen LogP contribution in [0.1, 0.15) is 43.6 Å². The average molecular weight is 503 g/mol. The summed E-state index contributed by atoms with van der Waals surface area (Å²) >= 11 is 3.28. The maximum atomic E-state index is 12.7. The van der Waals surface area contributed by atoms with Gasteiger partial charge in [0.1, 0.15) is 10.6 Å². The first-order valence-corrected chi connectivity index (χ1v) is 11.6. The number of nitrogens with zero attached hydrogens (tertiary/aromatic N) is 4. The molecule has 0 bridgehead atoms. The quantitative estimate of drug-likeness (QED) is 0.473. The molecular formula is C24H31BrN4O3. The van der Waals surface area contributed by atoms with Gasteiger partial charge in [0.25, 0.3) is 12.0 Å². The molecule has 2 amide bonds. The predicted octanol–water partition coefficient (Wildman–Crippen LogP) is 3.28. The summed E-state index contributed by atoms with van der Waals surface area (Å²) in [6.07, 6.45) is 0.556. The Bertz CT molecular complexity index is 972. The lowest BCUT2D eigenvalue weighted by molar-refractivity contribution is -0.943. The van der Waals surface area contributed by atoms with E-state index in [2.05, 4.69) is 25.8 Å². The van der Waals surface area contributed by atoms with Gasteiger partial charge in [-0.05, 0) is 73.5 Å². The van der Waals surface area contributed by atoms with Gasteiger partial charge in [0, 0.05) is 32.0 Å². The van der Waals surface area contributed by atoms with E-state index < -0.39 is 11.6 Å². The molecule has 0 saturated carbocycles. The van der Waals surface area contributed by atoms with Gasteiger partial charge in [-0.25, -0.2) is 4.98 Å². The number of aromatic nitrogens is 1. The van der Waals surface area contributed by atoms with E-state index in [1.807, 2.05) is 52.0 Å². The fourth-order valence-corrected chi connectivity index (χ4v) is 4.94. The number of quaternary nitrogens is 1. The molecule has 1 aromatic heterocycles. The number of benzene rings is 1. The molecule has 8 heteroatoms. The Labute approximate surface area is 198 Å². The molecule has 32 heavy (non-hydrogen) atoms. The van der Waals surface area contributed by atoms with Crippen molar-refractivity contribution in [1.82, 2.24) is 9.88 Å². The largest absolute Gasteiger partial charge is 0.498 e. The Kier molecular flexibility index (Phi) is 7.07. The van der Waals surface area contributed by atoms with Crippen LogP contribution in [0.15, 0.2) is 47.2 Å². The Morgan fingerprint density at radius 3 is 2.38 bits per heavy atom. The monoisotopic (exact) mass is 502 g/mol. The molecule has 172 valence electrons. The normalized spacial score (nSPS) is 21.9. The van der Waals surface area contributed by atoms with Gasteiger partial charge in [0.05, 0.1) is 24.2 Å². The SMILES string of the molecule is C[C@H]1CN(Cc2ccc(N(C)C(=O)c3ccc(Br)nc3)cc2)CC[N+]1(C(=O)[O-])C(C)(C)C. The van der Waals surface area contributed by atoms with E-state index in [0.717, 1.165) is 17.8 Å². The van der Waals surface area contributed by atoms with E-state index in [1.165, 1.54) is 0 Å². The molecule has 1 aliphatic rings. The second-order valence-corrected chi connectivity index (χ2v) is 10.3. The molecular weight excluding hydrogens is 472 g/mol. The maximum absolute atomic E-state index is 12.7. The van der Waals surface area contributed by atoms with E-state index in [-0.39, 0.29) is 16.4 Å². The summed E-state index contributed by atoms with van der Waals surface area (Å²) in [7, 11) is 1.75. The minimum Gasteiger partial charge on any atom is -0.498 e. The standard InChI is InChI=1S/C24H31BrN4O3/c1-17-15-28(12-13-29(17,23(31)32)24(2,3)4)16-18-6-9-20(10-7-18)27(5)22(30)19-8-11-21(25)26-14-19/h6-11,14,17H,12-13,15-16H2,1-5H3/t17-,29?/m0/s1. The lowest BCUT2D eigenvalue weighted by Crippen LogP contribution is -2.76. The van der Waals surface area contributed by atoms with Crippen LogP contribution >= 0.6 is 15.9 Å². The molecule has 1 unspecified atom stereocenters. The van der Waals surface area contributed by atoms with E-state index in [9.17, 15) is 14.7 Å². The molecule has 2 heterocycles. The van der Waals surface area contributed by atoms with Gasteiger partial charge in [-0.3, -0.25) is 14.2 Å². The zero-order valence-electron chi connectivity index (χ0n) is 19.3. The number of carbonyl (C=O) groups is 2. The smallest absolute Gasteiger partial charge is 0.259 e. The van der Waals surface area contributed by atoms with Crippen LogP contribution in [0.3, 0.4) is 0 Å². The lowest BCUT2D eigenvalue weighted by atomic mass is 9.95. The fraction of sp³-hybridized carbons (Fsp3) is 0.458. The zero-order valence-corrected chi connectivity index (χ0v) is 20.9. The van der Waals surface area contributed by atoms with E-state index in [4.69, 9.17) is 0 Å². The fourth-order valence-electron chi connectivity index (χ4n) is 4.71. The van der Waals surface area contributed by atoms with Crippen LogP contribution < -0.4 is 10.0 Å². The van der Waals surface area contributed by atoms with Gasteiger partial charge in [0.2, 0.25) is 0 Å². The van der Waals surface area contributed by atoms with Crippen LogP contribution in [-0.4, -0.2) is 64.6 Å². The summed E-state index contributed by atoms with van der Waals surface area (Å²) in [6.45, 7) is 10.5. The Morgan fingerprint density at radius 1 is 1.22 bits per heavy atom. The number of piperazine rings is 1. The van der Waals surface area contributed by atoms with Gasteiger partial charge in [0.15, 0.2) is 0 Å². The first kappa shape index (κ1) is 24.4. The summed E-state index contributed by atoms with van der Waals surface area (Å²) < 4.78 is 0.659. The van der Waals surface area contributed by atoms with E-state index >= 15 is 0 Å². The highest BCUT2D eigenvalue weighted by Crippen LogP contribution is 2.32. The number of anilines is 1. The minimum atomic E-state index is -0.998. The molecule has 2 atom stereocenters. The highest BCUT2D eigenvalue weighted by Gasteiger charge is 2.49. The third-order valence-electron chi connectivity index (χ3n) is 6.58. The Hall–Kier alpha value is -2.29. The third-order valence-corrected chi connectivity index (χ3v) is 7.04. The highest BCUT2D eigenvalue weighted by molar-refractivity contribution is 9.10. The van der Waals surface area contributed by atoms with Gasteiger partial charge < -0.3 is 14.8 Å². The molecule has 1 aliphatic heterocycles. The van der Waals surface area contributed by atoms with Crippen molar-refractivity contribution in [3.05, 3.63) is 58.3 Å². The zero-order chi connectivity index (χ0) is 23.7. The lowest BCUT2D eigenvalue weighted by Gasteiger charge is -2.55. The van der Waals surface area contributed by atoms with Crippen molar-refractivity contribution in [2.75, 3.05) is 31.6 Å². The molecule has 0 aliphatic carbocycles. The van der Waals surface area contributed by atoms with Crippen molar-refractivity contribution in [2.24, 2.45) is 0 Å². The van der Waals surface area contributed by atoms with E-state index in [0.29, 0.717) is 29.8 Å². The summed E-state index contributed by atoms with van der Waals surface area (Å²) in [5.41, 5.74) is 2.02. The van der Waals surface area contributed by atoms with Crippen molar-refractivity contribution in [1.29, 1.82) is 0 Å². The van der Waals surface area contributed by atoms with Crippen molar-refractivity contribution < 1.29 is 19.2 Å². The van der Waals surface area contributed by atoms with Crippen molar-refractivity contribution >= 4 is 33.6 Å². The van der Waals surface area contributed by atoms with Crippen molar-refractivity contribution in [3.8, 4) is 0 Å². The molecule has 2 aromatic rings. The number of halogens is 1. The van der Waals surface area contributed by atoms with Crippen LogP contribution in [0.4, 0.5) is 10.5 Å². The van der Waals surface area contributed by atoms with Crippen molar-refractivity contribution in [2.45, 2.75) is 45.8 Å². The topological polar surface area (TPSA) is 76.6 Å². The minimum absolute atomic E-state index is 0.0275. The molecule has 1 aromatic carbocycles. The van der Waals surface area contributed by atoms with Crippen LogP contribution in [0.25, 0.3) is 0 Å². The first-order valence-electron chi connectivity index (χ1n) is 10.8. The van der Waals surface area contributed by atoms with Gasteiger partial charge in [-0.15, -0.1) is 0 Å². The Morgan fingerprint density at radius 2 is 1.88 bits per heavy atom. The van der Waals surface area contributed by atoms with Crippen LogP contribution in [0.2, 0.25) is 0 Å². The van der Waals surface area contributed by atoms with Gasteiger partial charge >= 0.3 is 0 Å². The van der Waals surface area contributed by atoms with Crippen LogP contribution in [0.5, 0.6) is 0 Å². The molecule has 1 saturated heterocycles. The summed E-state index contributed by atoms with van der Waals surface area (Å²) in [5.74, 6) is -0.124. The number of amides is 2.